The Kier molecular flexibility index (Phi) is 4.05. The fraction of sp³-hybridized carbons (Fsp3) is 0.923. The summed E-state index contributed by atoms with van der Waals surface area (Å²) in [5, 5.41) is 8.91. The standard InChI is InChI=1S/C13H24N2O2/c1-14(2)5-6-15-9-11-7-12(15)4-3-10(11)8-13(16)17/h10-12H,3-9H2,1-2H3,(H,16,17). The van der Waals surface area contributed by atoms with E-state index in [1.807, 2.05) is 0 Å². The summed E-state index contributed by atoms with van der Waals surface area (Å²) in [6.45, 7) is 3.36. The Balaban J connectivity index is 1.85. The van der Waals surface area contributed by atoms with Crippen molar-refractivity contribution >= 4 is 5.97 Å². The first-order chi connectivity index (χ1) is 8.06. The van der Waals surface area contributed by atoms with Crippen molar-refractivity contribution in [1.29, 1.82) is 0 Å². The number of rotatable bonds is 5. The minimum Gasteiger partial charge on any atom is -0.481 e. The smallest absolute Gasteiger partial charge is 0.303 e. The molecule has 98 valence electrons. The van der Waals surface area contributed by atoms with Gasteiger partial charge in [-0.15, -0.1) is 0 Å². The van der Waals surface area contributed by atoms with Crippen molar-refractivity contribution in [3.05, 3.63) is 0 Å². The van der Waals surface area contributed by atoms with Crippen molar-refractivity contribution in [3.63, 3.8) is 0 Å². The van der Waals surface area contributed by atoms with Gasteiger partial charge in [0, 0.05) is 32.1 Å². The van der Waals surface area contributed by atoms with Gasteiger partial charge in [0.1, 0.15) is 0 Å². The molecule has 1 aliphatic carbocycles. The quantitative estimate of drug-likeness (QED) is 0.782. The number of fused-ring (bicyclic) bond motifs is 2. The molecule has 0 aromatic heterocycles. The van der Waals surface area contributed by atoms with Gasteiger partial charge >= 0.3 is 5.97 Å². The number of aliphatic carboxylic acids is 1. The van der Waals surface area contributed by atoms with Crippen LogP contribution in [0.5, 0.6) is 0 Å². The zero-order chi connectivity index (χ0) is 12.4. The van der Waals surface area contributed by atoms with E-state index in [2.05, 4.69) is 23.9 Å². The predicted molar refractivity (Wildman–Crippen MR) is 67.0 cm³/mol. The summed E-state index contributed by atoms with van der Waals surface area (Å²) in [5.74, 6) is 0.431. The second-order valence-corrected chi connectivity index (χ2v) is 5.88. The van der Waals surface area contributed by atoms with Gasteiger partial charge in [0.2, 0.25) is 0 Å². The lowest BCUT2D eigenvalue weighted by Gasteiger charge is -2.28. The van der Waals surface area contributed by atoms with Crippen LogP contribution in [-0.4, -0.2) is 60.6 Å². The Bertz CT molecular complexity index is 281. The maximum absolute atomic E-state index is 10.8. The molecule has 2 rings (SSSR count). The maximum atomic E-state index is 10.8. The SMILES string of the molecule is CN(C)CCN1CC2CC1CCC2CC(=O)O. The Morgan fingerprint density at radius 2 is 2.18 bits per heavy atom. The van der Waals surface area contributed by atoms with Crippen molar-refractivity contribution in [2.24, 2.45) is 11.8 Å². The van der Waals surface area contributed by atoms with Crippen LogP contribution in [0.25, 0.3) is 0 Å². The number of likely N-dealkylation sites (tertiary alicyclic amines) is 1. The molecule has 0 spiro atoms. The number of nitrogens with zero attached hydrogens (tertiary/aromatic N) is 2. The van der Waals surface area contributed by atoms with E-state index in [4.69, 9.17) is 5.11 Å². The molecule has 1 saturated heterocycles. The second kappa shape index (κ2) is 5.36. The Morgan fingerprint density at radius 3 is 2.82 bits per heavy atom. The molecular formula is C13H24N2O2. The molecule has 1 N–H and O–H groups in total. The zero-order valence-corrected chi connectivity index (χ0v) is 10.9. The van der Waals surface area contributed by atoms with Gasteiger partial charge in [-0.05, 0) is 45.2 Å². The molecule has 17 heavy (non-hydrogen) atoms. The van der Waals surface area contributed by atoms with Gasteiger partial charge in [0.25, 0.3) is 0 Å². The van der Waals surface area contributed by atoms with Crippen LogP contribution >= 0.6 is 0 Å². The molecule has 4 nitrogen and oxygen atoms in total. The summed E-state index contributed by atoms with van der Waals surface area (Å²) < 4.78 is 0. The van der Waals surface area contributed by atoms with Gasteiger partial charge in [-0.2, -0.15) is 0 Å². The molecule has 3 atom stereocenters. The van der Waals surface area contributed by atoms with E-state index in [1.54, 1.807) is 0 Å². The normalized spacial score (nSPS) is 33.2. The van der Waals surface area contributed by atoms with E-state index in [9.17, 15) is 4.79 Å². The summed E-state index contributed by atoms with van der Waals surface area (Å²) in [4.78, 5) is 15.6. The molecule has 2 bridgehead atoms. The molecule has 1 heterocycles. The van der Waals surface area contributed by atoms with Crippen LogP contribution in [0.15, 0.2) is 0 Å². The van der Waals surface area contributed by atoms with Crippen LogP contribution < -0.4 is 0 Å². The lowest BCUT2D eigenvalue weighted by molar-refractivity contribution is -0.138. The van der Waals surface area contributed by atoms with E-state index < -0.39 is 5.97 Å². The summed E-state index contributed by atoms with van der Waals surface area (Å²) in [5.41, 5.74) is 0. The number of likely N-dealkylation sites (N-methyl/N-ethyl adjacent to an activating group) is 1. The van der Waals surface area contributed by atoms with Gasteiger partial charge in [-0.1, -0.05) is 0 Å². The first-order valence-electron chi connectivity index (χ1n) is 6.67. The summed E-state index contributed by atoms with van der Waals surface area (Å²) in [6, 6.07) is 0.727. The van der Waals surface area contributed by atoms with Crippen LogP contribution in [0.4, 0.5) is 0 Å². The van der Waals surface area contributed by atoms with Crippen LogP contribution in [0.2, 0.25) is 0 Å². The van der Waals surface area contributed by atoms with Crippen molar-refractivity contribution in [3.8, 4) is 0 Å². The van der Waals surface area contributed by atoms with Crippen molar-refractivity contribution in [2.45, 2.75) is 31.7 Å². The lowest BCUT2D eigenvalue weighted by Crippen LogP contribution is -2.35. The average Bonchev–Trinajstić information content (AvgIpc) is 2.57. The Labute approximate surface area is 104 Å². The third-order valence-corrected chi connectivity index (χ3v) is 4.37. The maximum Gasteiger partial charge on any atom is 0.303 e. The minimum absolute atomic E-state index is 0.374. The highest BCUT2D eigenvalue weighted by Crippen LogP contribution is 2.40. The fourth-order valence-corrected chi connectivity index (χ4v) is 3.40. The molecule has 1 saturated carbocycles. The first kappa shape index (κ1) is 12.8. The monoisotopic (exact) mass is 240 g/mol. The number of carboxylic acids is 1. The molecule has 0 aromatic rings. The van der Waals surface area contributed by atoms with E-state index in [1.165, 1.54) is 12.8 Å². The highest BCUT2D eigenvalue weighted by Gasteiger charge is 2.40. The van der Waals surface area contributed by atoms with Gasteiger partial charge in [0.15, 0.2) is 0 Å². The molecule has 0 aromatic carbocycles. The first-order valence-corrected chi connectivity index (χ1v) is 6.67. The summed E-state index contributed by atoms with van der Waals surface area (Å²) in [6.07, 6.45) is 3.91. The Hall–Kier alpha value is -0.610. The Morgan fingerprint density at radius 1 is 1.41 bits per heavy atom. The minimum atomic E-state index is -0.625. The fourth-order valence-electron chi connectivity index (χ4n) is 3.40. The number of carboxylic acid groups (broad SMARTS) is 1. The van der Waals surface area contributed by atoms with Crippen LogP contribution in [0.1, 0.15) is 25.7 Å². The highest BCUT2D eigenvalue weighted by molar-refractivity contribution is 5.67. The molecule has 0 amide bonds. The van der Waals surface area contributed by atoms with Gasteiger partial charge in [-0.3, -0.25) is 9.69 Å². The highest BCUT2D eigenvalue weighted by atomic mass is 16.4. The van der Waals surface area contributed by atoms with E-state index in [0.29, 0.717) is 18.3 Å². The number of hydrogen-bond acceptors (Lipinski definition) is 3. The van der Waals surface area contributed by atoms with Crippen LogP contribution in [0, 0.1) is 11.8 Å². The zero-order valence-electron chi connectivity index (χ0n) is 10.9. The molecule has 2 fully saturated rings. The summed E-state index contributed by atoms with van der Waals surface area (Å²) >= 11 is 0. The van der Waals surface area contributed by atoms with Gasteiger partial charge < -0.3 is 10.0 Å². The van der Waals surface area contributed by atoms with E-state index in [-0.39, 0.29) is 0 Å². The summed E-state index contributed by atoms with van der Waals surface area (Å²) in [7, 11) is 4.21. The van der Waals surface area contributed by atoms with Crippen molar-refractivity contribution < 1.29 is 9.90 Å². The number of hydrogen-bond donors (Lipinski definition) is 1. The van der Waals surface area contributed by atoms with Gasteiger partial charge in [-0.25, -0.2) is 0 Å². The predicted octanol–water partition coefficient (Wildman–Crippen LogP) is 1.12. The molecule has 2 aliphatic rings. The third-order valence-electron chi connectivity index (χ3n) is 4.37. The van der Waals surface area contributed by atoms with Crippen LogP contribution in [-0.2, 0) is 4.79 Å². The van der Waals surface area contributed by atoms with Crippen molar-refractivity contribution in [2.75, 3.05) is 33.7 Å². The molecule has 4 heteroatoms. The molecular weight excluding hydrogens is 216 g/mol. The topological polar surface area (TPSA) is 43.8 Å². The number of carbonyl (C=O) groups is 1. The second-order valence-electron chi connectivity index (χ2n) is 5.88. The van der Waals surface area contributed by atoms with Crippen LogP contribution in [0.3, 0.4) is 0 Å². The largest absolute Gasteiger partial charge is 0.481 e. The van der Waals surface area contributed by atoms with E-state index >= 15 is 0 Å². The molecule has 0 radical (unpaired) electrons. The third kappa shape index (κ3) is 3.19. The van der Waals surface area contributed by atoms with E-state index in [0.717, 1.165) is 32.1 Å². The average molecular weight is 240 g/mol. The van der Waals surface area contributed by atoms with Gasteiger partial charge in [0.05, 0.1) is 0 Å². The van der Waals surface area contributed by atoms with Crippen molar-refractivity contribution in [1.82, 2.24) is 9.80 Å². The lowest BCUT2D eigenvalue weighted by atomic mass is 9.78. The molecule has 1 aliphatic heterocycles. The molecule has 3 unspecified atom stereocenters.